The molecule has 0 fully saturated rings. The van der Waals surface area contributed by atoms with Gasteiger partial charge in [-0.2, -0.15) is 0 Å². The van der Waals surface area contributed by atoms with Crippen molar-refractivity contribution in [2.24, 2.45) is 0 Å². The molecule has 0 aliphatic heterocycles. The highest BCUT2D eigenvalue weighted by Gasteiger charge is 2.15. The number of unbranched alkanes of at least 4 members (excludes halogenated alkanes) is 1. The molecule has 0 spiro atoms. The smallest absolute Gasteiger partial charge is 0.0373 e. The van der Waals surface area contributed by atoms with Crippen LogP contribution in [0.4, 0.5) is 5.69 Å². The Morgan fingerprint density at radius 1 is 1.04 bits per heavy atom. The maximum atomic E-state index is 3.60. The highest BCUT2D eigenvalue weighted by atomic mass is 15.1. The molecule has 1 atom stereocenters. The van der Waals surface area contributed by atoms with E-state index in [1.165, 1.54) is 35.2 Å². The van der Waals surface area contributed by atoms with Crippen LogP contribution in [0, 0.1) is 6.92 Å². The fourth-order valence-electron chi connectivity index (χ4n) is 3.04. The van der Waals surface area contributed by atoms with E-state index in [4.69, 9.17) is 0 Å². The molecule has 0 unspecified atom stereocenters. The minimum atomic E-state index is 0.405. The van der Waals surface area contributed by atoms with Gasteiger partial charge in [0, 0.05) is 24.8 Å². The van der Waals surface area contributed by atoms with Crippen LogP contribution in [0.2, 0.25) is 0 Å². The first-order chi connectivity index (χ1) is 11.7. The lowest BCUT2D eigenvalue weighted by molar-refractivity contribution is 0.213. The molecule has 0 amide bonds. The number of nitrogens with zero attached hydrogens (tertiary/aromatic N) is 1. The average molecular weight is 325 g/mol. The second kappa shape index (κ2) is 9.48. The second-order valence-corrected chi connectivity index (χ2v) is 6.58. The van der Waals surface area contributed by atoms with Crippen LogP contribution in [0.5, 0.6) is 0 Å². The zero-order valence-electron chi connectivity index (χ0n) is 15.7. The summed E-state index contributed by atoms with van der Waals surface area (Å²) in [5.74, 6) is 0. The predicted octanol–water partition coefficient (Wildman–Crippen LogP) is 5.79. The minimum Gasteiger partial charge on any atom is -0.385 e. The summed E-state index contributed by atoms with van der Waals surface area (Å²) >= 11 is 0. The molecule has 130 valence electrons. The van der Waals surface area contributed by atoms with E-state index in [9.17, 15) is 0 Å². The van der Waals surface area contributed by atoms with Gasteiger partial charge >= 0.3 is 0 Å². The van der Waals surface area contributed by atoms with E-state index in [-0.39, 0.29) is 0 Å². The van der Waals surface area contributed by atoms with Crippen LogP contribution in [0.25, 0.3) is 0 Å². The number of rotatable bonds is 9. The number of anilines is 1. The summed E-state index contributed by atoms with van der Waals surface area (Å²) < 4.78 is 0. The molecule has 0 aliphatic rings. The lowest BCUT2D eigenvalue weighted by Crippen LogP contribution is -2.26. The summed E-state index contributed by atoms with van der Waals surface area (Å²) in [6.45, 7) is 12.1. The van der Waals surface area contributed by atoms with Crippen molar-refractivity contribution < 1.29 is 0 Å². The Labute approximate surface area is 147 Å². The van der Waals surface area contributed by atoms with Crippen LogP contribution in [0.15, 0.2) is 48.5 Å². The molecule has 0 saturated heterocycles. The normalized spacial score (nSPS) is 12.4. The number of aryl methyl sites for hydroxylation is 1. The van der Waals surface area contributed by atoms with E-state index in [1.807, 2.05) is 0 Å². The van der Waals surface area contributed by atoms with Gasteiger partial charge in [-0.3, -0.25) is 4.90 Å². The van der Waals surface area contributed by atoms with Gasteiger partial charge in [0.15, 0.2) is 0 Å². The predicted molar refractivity (Wildman–Crippen MR) is 106 cm³/mol. The minimum absolute atomic E-state index is 0.405. The number of nitrogens with one attached hydrogen (secondary N) is 1. The van der Waals surface area contributed by atoms with E-state index >= 15 is 0 Å². The summed E-state index contributed by atoms with van der Waals surface area (Å²) in [7, 11) is 0. The third-order valence-electron chi connectivity index (χ3n) is 4.77. The molecule has 0 bridgehead atoms. The third-order valence-corrected chi connectivity index (χ3v) is 4.77. The third kappa shape index (κ3) is 5.10. The van der Waals surface area contributed by atoms with Crippen molar-refractivity contribution >= 4 is 5.69 Å². The quantitative estimate of drug-likeness (QED) is 0.587. The van der Waals surface area contributed by atoms with Crippen molar-refractivity contribution in [3.8, 4) is 0 Å². The number of hydrogen-bond acceptors (Lipinski definition) is 2. The number of benzene rings is 2. The lowest BCUT2D eigenvalue weighted by Gasteiger charge is -2.29. The van der Waals surface area contributed by atoms with E-state index in [2.05, 4.69) is 86.4 Å². The van der Waals surface area contributed by atoms with Crippen molar-refractivity contribution in [1.29, 1.82) is 0 Å². The van der Waals surface area contributed by atoms with Gasteiger partial charge in [-0.15, -0.1) is 0 Å². The molecule has 0 aliphatic carbocycles. The molecule has 0 heterocycles. The molecule has 2 aromatic carbocycles. The lowest BCUT2D eigenvalue weighted by atomic mass is 10.0. The molecule has 2 heteroatoms. The molecular weight excluding hydrogens is 292 g/mol. The summed E-state index contributed by atoms with van der Waals surface area (Å²) in [5, 5.41) is 3.60. The summed E-state index contributed by atoms with van der Waals surface area (Å²) in [5.41, 5.74) is 5.37. The Hall–Kier alpha value is -1.80. The van der Waals surface area contributed by atoms with Crippen LogP contribution >= 0.6 is 0 Å². The van der Waals surface area contributed by atoms with Crippen molar-refractivity contribution in [1.82, 2.24) is 4.90 Å². The van der Waals surface area contributed by atoms with Crippen molar-refractivity contribution in [2.75, 3.05) is 18.4 Å². The van der Waals surface area contributed by atoms with E-state index < -0.39 is 0 Å². The van der Waals surface area contributed by atoms with Crippen molar-refractivity contribution in [3.63, 3.8) is 0 Å². The zero-order valence-corrected chi connectivity index (χ0v) is 15.7. The second-order valence-electron chi connectivity index (χ2n) is 6.58. The summed E-state index contributed by atoms with van der Waals surface area (Å²) in [6.07, 6.45) is 2.44. The SMILES string of the molecule is CCCCNc1cc([C@H](C)N(CC)Cc2ccccc2)ccc1C. The van der Waals surface area contributed by atoms with E-state index in [0.717, 1.165) is 19.6 Å². The largest absolute Gasteiger partial charge is 0.385 e. The molecule has 0 aromatic heterocycles. The maximum absolute atomic E-state index is 3.60. The molecule has 0 saturated carbocycles. The van der Waals surface area contributed by atoms with Crippen LogP contribution in [0.3, 0.4) is 0 Å². The molecule has 2 nitrogen and oxygen atoms in total. The summed E-state index contributed by atoms with van der Waals surface area (Å²) in [6, 6.07) is 18.0. The van der Waals surface area contributed by atoms with Gasteiger partial charge in [-0.05, 0) is 49.6 Å². The van der Waals surface area contributed by atoms with Crippen LogP contribution in [0.1, 0.15) is 56.3 Å². The Balaban J connectivity index is 2.11. The van der Waals surface area contributed by atoms with E-state index in [0.29, 0.717) is 6.04 Å². The van der Waals surface area contributed by atoms with E-state index in [1.54, 1.807) is 0 Å². The summed E-state index contributed by atoms with van der Waals surface area (Å²) in [4.78, 5) is 2.52. The molecule has 2 rings (SSSR count). The fraction of sp³-hybridized carbons (Fsp3) is 0.455. The van der Waals surface area contributed by atoms with Gasteiger partial charge in [0.25, 0.3) is 0 Å². The first-order valence-corrected chi connectivity index (χ1v) is 9.28. The Morgan fingerprint density at radius 3 is 2.46 bits per heavy atom. The number of hydrogen-bond donors (Lipinski definition) is 1. The van der Waals surface area contributed by atoms with Gasteiger partial charge in [0.05, 0.1) is 0 Å². The van der Waals surface area contributed by atoms with Crippen molar-refractivity contribution in [3.05, 3.63) is 65.2 Å². The zero-order chi connectivity index (χ0) is 17.4. The Morgan fingerprint density at radius 2 is 1.79 bits per heavy atom. The first kappa shape index (κ1) is 18.5. The van der Waals surface area contributed by atoms with Crippen LogP contribution in [-0.2, 0) is 6.54 Å². The molecule has 2 aromatic rings. The average Bonchev–Trinajstić information content (AvgIpc) is 2.61. The van der Waals surface area contributed by atoms with Gasteiger partial charge < -0.3 is 5.32 Å². The topological polar surface area (TPSA) is 15.3 Å². The molecule has 1 N–H and O–H groups in total. The van der Waals surface area contributed by atoms with Gasteiger partial charge in [0.1, 0.15) is 0 Å². The Kier molecular flexibility index (Phi) is 7.33. The van der Waals surface area contributed by atoms with Gasteiger partial charge in [-0.25, -0.2) is 0 Å². The van der Waals surface area contributed by atoms with Crippen LogP contribution < -0.4 is 5.32 Å². The standard InChI is InChI=1S/C22H32N2/c1-5-7-15-23-22-16-21(14-13-18(22)3)19(4)24(6-2)17-20-11-9-8-10-12-20/h8-14,16,19,23H,5-7,15,17H2,1-4H3/t19-/m0/s1. The van der Waals surface area contributed by atoms with Gasteiger partial charge in [0.2, 0.25) is 0 Å². The molecule has 0 radical (unpaired) electrons. The molecule has 24 heavy (non-hydrogen) atoms. The highest BCUT2D eigenvalue weighted by Crippen LogP contribution is 2.26. The van der Waals surface area contributed by atoms with Gasteiger partial charge in [-0.1, -0.05) is 62.7 Å². The van der Waals surface area contributed by atoms with Crippen LogP contribution in [-0.4, -0.2) is 18.0 Å². The monoisotopic (exact) mass is 324 g/mol. The maximum Gasteiger partial charge on any atom is 0.0373 e. The first-order valence-electron chi connectivity index (χ1n) is 9.28. The van der Waals surface area contributed by atoms with Crippen molar-refractivity contribution in [2.45, 2.75) is 53.1 Å². The Bertz CT molecular complexity index is 607. The fourth-order valence-corrected chi connectivity index (χ4v) is 3.04. The molecular formula is C22H32N2. The highest BCUT2D eigenvalue weighted by molar-refractivity contribution is 5.53.